The first kappa shape index (κ1) is 21.4. The molecule has 166 valence electrons. The smallest absolute Gasteiger partial charge is 0.339 e. The molecule has 1 aliphatic heterocycles. The quantitative estimate of drug-likeness (QED) is 0.460. The molecule has 0 unspecified atom stereocenters. The normalized spacial score (nSPS) is 14.0. The van der Waals surface area contributed by atoms with Gasteiger partial charge in [0.2, 0.25) is 5.91 Å². The van der Waals surface area contributed by atoms with Gasteiger partial charge in [-0.15, -0.1) is 0 Å². The van der Waals surface area contributed by atoms with Crippen LogP contribution in [0.3, 0.4) is 0 Å². The molecule has 3 aromatic rings. The molecule has 9 heteroatoms. The number of carbonyl (C=O) groups is 2. The number of benzene rings is 2. The van der Waals surface area contributed by atoms with Crippen LogP contribution in [0.1, 0.15) is 5.56 Å². The van der Waals surface area contributed by atoms with Crippen LogP contribution >= 0.6 is 0 Å². The van der Waals surface area contributed by atoms with Gasteiger partial charge in [0.05, 0.1) is 32.2 Å². The number of amides is 3. The molecule has 1 aromatic heterocycles. The molecule has 0 atom stereocenters. The highest BCUT2D eigenvalue weighted by molar-refractivity contribution is 6.00. The first-order chi connectivity index (χ1) is 15.7. The van der Waals surface area contributed by atoms with Crippen LogP contribution in [0.5, 0.6) is 5.75 Å². The van der Waals surface area contributed by atoms with Gasteiger partial charge in [-0.2, -0.15) is 5.10 Å². The van der Waals surface area contributed by atoms with Crippen LogP contribution in [0.25, 0.3) is 10.9 Å². The zero-order valence-electron chi connectivity index (χ0n) is 17.8. The van der Waals surface area contributed by atoms with Crippen molar-refractivity contribution in [2.24, 2.45) is 5.10 Å². The molecule has 1 saturated heterocycles. The summed E-state index contributed by atoms with van der Waals surface area (Å²) in [6.45, 7) is 2.59. The van der Waals surface area contributed by atoms with E-state index < -0.39 is 6.03 Å². The molecule has 0 radical (unpaired) electrons. The molecular formula is C23H25N5O4. The zero-order chi connectivity index (χ0) is 22.3. The maximum Gasteiger partial charge on any atom is 0.339 e. The first-order valence-corrected chi connectivity index (χ1v) is 10.3. The lowest BCUT2D eigenvalue weighted by Crippen LogP contribution is -2.42. The number of nitrogens with zero attached hydrogens (tertiary/aromatic N) is 3. The number of ether oxygens (including phenoxy) is 2. The maximum atomic E-state index is 12.7. The molecule has 4 rings (SSSR count). The van der Waals surface area contributed by atoms with Crippen molar-refractivity contribution in [2.45, 2.75) is 6.54 Å². The predicted octanol–water partition coefficient (Wildman–Crippen LogP) is 2.66. The van der Waals surface area contributed by atoms with Gasteiger partial charge in [0.15, 0.2) is 0 Å². The summed E-state index contributed by atoms with van der Waals surface area (Å²) in [7, 11) is 1.54. The highest BCUT2D eigenvalue weighted by Gasteiger charge is 2.18. The van der Waals surface area contributed by atoms with Gasteiger partial charge < -0.3 is 24.3 Å². The zero-order valence-corrected chi connectivity index (χ0v) is 17.8. The highest BCUT2D eigenvalue weighted by atomic mass is 16.5. The summed E-state index contributed by atoms with van der Waals surface area (Å²) in [6.07, 6.45) is 3.44. The van der Waals surface area contributed by atoms with Crippen LogP contribution in [0, 0.1) is 0 Å². The fraction of sp³-hybridized carbons (Fsp3) is 0.261. The van der Waals surface area contributed by atoms with Gasteiger partial charge in [-0.3, -0.25) is 4.79 Å². The predicted molar refractivity (Wildman–Crippen MR) is 122 cm³/mol. The molecule has 2 heterocycles. The lowest BCUT2D eigenvalue weighted by Gasteiger charge is -2.27. The van der Waals surface area contributed by atoms with E-state index in [9.17, 15) is 9.59 Å². The summed E-state index contributed by atoms with van der Waals surface area (Å²) in [5.41, 5.74) is 4.73. The molecule has 0 bridgehead atoms. The standard InChI is InChI=1S/C23H25N5O4/c1-31-21-9-5-3-7-19(21)25-23(30)26-24-14-17-15-28(20-8-4-2-6-18(17)20)16-22(29)27-10-12-32-13-11-27/h2-9,14-15H,10-13,16H2,1H3,(H2,25,26,30)/b24-14+. The Hall–Kier alpha value is -3.85. The van der Waals surface area contributed by atoms with Crippen molar-refractivity contribution in [3.05, 3.63) is 60.3 Å². The van der Waals surface area contributed by atoms with Gasteiger partial charge in [-0.25, -0.2) is 10.2 Å². The second-order valence-electron chi connectivity index (χ2n) is 7.25. The fourth-order valence-corrected chi connectivity index (χ4v) is 3.63. The number of hydrogen-bond acceptors (Lipinski definition) is 5. The number of methoxy groups -OCH3 is 1. The Morgan fingerprint density at radius 1 is 1.12 bits per heavy atom. The van der Waals surface area contributed by atoms with Crippen LogP contribution in [0.2, 0.25) is 0 Å². The number of hydrogen-bond donors (Lipinski definition) is 2. The van der Waals surface area contributed by atoms with Crippen molar-refractivity contribution in [3.8, 4) is 5.75 Å². The average Bonchev–Trinajstić information content (AvgIpc) is 3.17. The van der Waals surface area contributed by atoms with Crippen molar-refractivity contribution in [1.82, 2.24) is 14.9 Å². The van der Waals surface area contributed by atoms with Gasteiger partial charge in [0.1, 0.15) is 12.3 Å². The van der Waals surface area contributed by atoms with E-state index in [4.69, 9.17) is 9.47 Å². The molecule has 0 saturated carbocycles. The number of nitrogens with one attached hydrogen (secondary N) is 2. The number of fused-ring (bicyclic) bond motifs is 1. The van der Waals surface area contributed by atoms with Crippen molar-refractivity contribution in [3.63, 3.8) is 0 Å². The van der Waals surface area contributed by atoms with Gasteiger partial charge >= 0.3 is 6.03 Å². The molecular weight excluding hydrogens is 410 g/mol. The maximum absolute atomic E-state index is 12.7. The molecule has 1 aliphatic rings. The number of para-hydroxylation sites is 3. The number of anilines is 1. The van der Waals surface area contributed by atoms with Crippen molar-refractivity contribution < 1.29 is 19.1 Å². The van der Waals surface area contributed by atoms with Crippen molar-refractivity contribution in [1.29, 1.82) is 0 Å². The summed E-state index contributed by atoms with van der Waals surface area (Å²) in [5.74, 6) is 0.603. The third-order valence-electron chi connectivity index (χ3n) is 5.21. The second-order valence-corrected chi connectivity index (χ2v) is 7.25. The second kappa shape index (κ2) is 9.97. The average molecular weight is 435 g/mol. The minimum Gasteiger partial charge on any atom is -0.495 e. The Morgan fingerprint density at radius 3 is 2.69 bits per heavy atom. The summed E-state index contributed by atoms with van der Waals surface area (Å²) in [6, 6.07) is 14.4. The Kier molecular flexibility index (Phi) is 6.66. The minimum absolute atomic E-state index is 0.0480. The monoisotopic (exact) mass is 435 g/mol. The number of urea groups is 1. The van der Waals surface area contributed by atoms with E-state index >= 15 is 0 Å². The van der Waals surface area contributed by atoms with E-state index in [1.165, 1.54) is 7.11 Å². The SMILES string of the molecule is COc1ccccc1NC(=O)N/N=C/c1cn(CC(=O)N2CCOCC2)c2ccccc12. The van der Waals surface area contributed by atoms with E-state index in [0.717, 1.165) is 16.5 Å². The number of aromatic nitrogens is 1. The fourth-order valence-electron chi connectivity index (χ4n) is 3.63. The molecule has 2 N–H and O–H groups in total. The third-order valence-corrected chi connectivity index (χ3v) is 5.21. The van der Waals surface area contributed by atoms with Crippen molar-refractivity contribution >= 4 is 34.7 Å². The summed E-state index contributed by atoms with van der Waals surface area (Å²) in [4.78, 5) is 26.7. The Morgan fingerprint density at radius 2 is 1.88 bits per heavy atom. The number of carbonyl (C=O) groups excluding carboxylic acids is 2. The molecule has 32 heavy (non-hydrogen) atoms. The Balaban J connectivity index is 1.45. The molecule has 3 amide bonds. The molecule has 0 aliphatic carbocycles. The molecule has 1 fully saturated rings. The summed E-state index contributed by atoms with van der Waals surface area (Å²) in [5, 5.41) is 7.71. The lowest BCUT2D eigenvalue weighted by atomic mass is 10.2. The third kappa shape index (κ3) is 4.89. The van der Waals surface area contributed by atoms with Crippen LogP contribution in [-0.2, 0) is 16.1 Å². The largest absolute Gasteiger partial charge is 0.495 e. The van der Waals surface area contributed by atoms with Gasteiger partial charge in [0.25, 0.3) is 0 Å². The van der Waals surface area contributed by atoms with E-state index in [-0.39, 0.29) is 12.5 Å². The van der Waals surface area contributed by atoms with Gasteiger partial charge in [-0.1, -0.05) is 30.3 Å². The van der Waals surface area contributed by atoms with E-state index in [0.29, 0.717) is 37.7 Å². The Bertz CT molecular complexity index is 1130. The minimum atomic E-state index is -0.489. The van der Waals surface area contributed by atoms with Crippen LogP contribution < -0.4 is 15.5 Å². The number of hydrazone groups is 1. The summed E-state index contributed by atoms with van der Waals surface area (Å²) >= 11 is 0. The topological polar surface area (TPSA) is 97.2 Å². The van der Waals surface area contributed by atoms with Crippen LogP contribution in [0.4, 0.5) is 10.5 Å². The van der Waals surface area contributed by atoms with E-state index in [2.05, 4.69) is 15.8 Å². The van der Waals surface area contributed by atoms with Crippen molar-refractivity contribution in [2.75, 3.05) is 38.7 Å². The lowest BCUT2D eigenvalue weighted by molar-refractivity contribution is -0.135. The van der Waals surface area contributed by atoms with Crippen LogP contribution in [-0.4, -0.2) is 61.0 Å². The first-order valence-electron chi connectivity index (χ1n) is 10.3. The Labute approximate surface area is 185 Å². The van der Waals surface area contributed by atoms with E-state index in [1.54, 1.807) is 24.4 Å². The van der Waals surface area contributed by atoms with Gasteiger partial charge in [-0.05, 0) is 18.2 Å². The molecule has 2 aromatic carbocycles. The highest BCUT2D eigenvalue weighted by Crippen LogP contribution is 2.23. The van der Waals surface area contributed by atoms with Crippen LogP contribution in [0.15, 0.2) is 59.8 Å². The number of morpholine rings is 1. The van der Waals surface area contributed by atoms with E-state index in [1.807, 2.05) is 46.0 Å². The molecule has 0 spiro atoms. The molecule has 9 nitrogen and oxygen atoms in total. The number of rotatable bonds is 6. The van der Waals surface area contributed by atoms with Gasteiger partial charge in [0, 0.05) is 35.8 Å². The summed E-state index contributed by atoms with van der Waals surface area (Å²) < 4.78 is 12.5.